The molecule has 0 aromatic carbocycles. The molecule has 1 aromatic heterocycles. The van der Waals surface area contributed by atoms with Crippen LogP contribution in [0.1, 0.15) is 31.4 Å². The van der Waals surface area contributed by atoms with E-state index in [1.807, 2.05) is 13.1 Å². The Morgan fingerprint density at radius 2 is 2.19 bits per heavy atom. The topological polar surface area (TPSA) is 52.8 Å². The zero-order valence-electron chi connectivity index (χ0n) is 9.56. The maximum atomic E-state index is 8.77. The first-order chi connectivity index (χ1) is 7.79. The summed E-state index contributed by atoms with van der Waals surface area (Å²) in [5.74, 6) is 1.63. The van der Waals surface area contributed by atoms with E-state index in [0.29, 0.717) is 5.69 Å². The van der Waals surface area contributed by atoms with Crippen molar-refractivity contribution in [2.75, 3.05) is 18.5 Å². The molecule has 1 aliphatic rings. The molecule has 0 amide bonds. The molecule has 2 rings (SSSR count). The van der Waals surface area contributed by atoms with Crippen molar-refractivity contribution in [2.45, 2.75) is 25.7 Å². The Bertz CT molecular complexity index is 390. The minimum absolute atomic E-state index is 0.434. The zero-order valence-corrected chi connectivity index (χ0v) is 9.56. The van der Waals surface area contributed by atoms with Crippen LogP contribution in [0.15, 0.2) is 12.4 Å². The molecule has 1 heterocycles. The number of rotatable bonds is 3. The smallest absolute Gasteiger partial charge is 0.145 e. The largest absolute Gasteiger partial charge is 0.359 e. The predicted octanol–water partition coefficient (Wildman–Crippen LogP) is 1.97. The highest BCUT2D eigenvalue weighted by atomic mass is 15.2. The molecule has 0 bridgehead atoms. The van der Waals surface area contributed by atoms with E-state index in [1.54, 1.807) is 6.07 Å². The van der Waals surface area contributed by atoms with Crippen molar-refractivity contribution < 1.29 is 0 Å². The van der Waals surface area contributed by atoms with Gasteiger partial charge in [-0.3, -0.25) is 0 Å². The highest BCUT2D eigenvalue weighted by Crippen LogP contribution is 2.26. The molecule has 0 saturated heterocycles. The van der Waals surface area contributed by atoms with E-state index in [9.17, 15) is 0 Å². The average molecular weight is 216 g/mol. The Morgan fingerprint density at radius 1 is 1.44 bits per heavy atom. The highest BCUT2D eigenvalue weighted by Gasteiger charge is 2.17. The Kier molecular flexibility index (Phi) is 3.35. The predicted molar refractivity (Wildman–Crippen MR) is 62.0 cm³/mol. The van der Waals surface area contributed by atoms with Gasteiger partial charge in [0, 0.05) is 19.7 Å². The maximum Gasteiger partial charge on any atom is 0.145 e. The van der Waals surface area contributed by atoms with Gasteiger partial charge >= 0.3 is 0 Å². The number of anilines is 1. The van der Waals surface area contributed by atoms with E-state index >= 15 is 0 Å². The van der Waals surface area contributed by atoms with Crippen LogP contribution in [-0.2, 0) is 0 Å². The summed E-state index contributed by atoms with van der Waals surface area (Å²) in [6, 6.07) is 3.78. The number of nitrogens with zero attached hydrogens (tertiary/aromatic N) is 4. The average Bonchev–Trinajstić information content (AvgIpc) is 2.82. The molecular formula is C12H16N4. The van der Waals surface area contributed by atoms with Crippen molar-refractivity contribution in [1.29, 1.82) is 5.26 Å². The summed E-state index contributed by atoms with van der Waals surface area (Å²) in [5, 5.41) is 8.77. The van der Waals surface area contributed by atoms with Gasteiger partial charge < -0.3 is 4.90 Å². The Labute approximate surface area is 95.9 Å². The number of aromatic nitrogens is 2. The third-order valence-electron chi connectivity index (χ3n) is 3.17. The number of nitriles is 1. The van der Waals surface area contributed by atoms with E-state index in [0.717, 1.165) is 18.3 Å². The van der Waals surface area contributed by atoms with Crippen LogP contribution in [0.3, 0.4) is 0 Å². The van der Waals surface area contributed by atoms with Crippen molar-refractivity contribution in [1.82, 2.24) is 9.97 Å². The molecule has 4 nitrogen and oxygen atoms in total. The zero-order chi connectivity index (χ0) is 11.4. The van der Waals surface area contributed by atoms with Gasteiger partial charge in [0.25, 0.3) is 0 Å². The van der Waals surface area contributed by atoms with Gasteiger partial charge in [-0.05, 0) is 18.8 Å². The van der Waals surface area contributed by atoms with Crippen LogP contribution < -0.4 is 4.90 Å². The summed E-state index contributed by atoms with van der Waals surface area (Å²) in [4.78, 5) is 10.2. The second-order valence-corrected chi connectivity index (χ2v) is 4.40. The number of hydrogen-bond acceptors (Lipinski definition) is 4. The lowest BCUT2D eigenvalue weighted by Gasteiger charge is -2.21. The second-order valence-electron chi connectivity index (χ2n) is 4.40. The van der Waals surface area contributed by atoms with Crippen LogP contribution in [-0.4, -0.2) is 23.6 Å². The van der Waals surface area contributed by atoms with Gasteiger partial charge in [-0.25, -0.2) is 9.97 Å². The molecule has 1 aromatic rings. The van der Waals surface area contributed by atoms with Crippen LogP contribution in [0, 0.1) is 17.2 Å². The van der Waals surface area contributed by atoms with Crippen molar-refractivity contribution in [3.8, 4) is 6.07 Å². The fourth-order valence-electron chi connectivity index (χ4n) is 2.29. The minimum atomic E-state index is 0.434. The lowest BCUT2D eigenvalue weighted by molar-refractivity contribution is 0.545. The van der Waals surface area contributed by atoms with E-state index in [-0.39, 0.29) is 0 Å². The molecule has 0 unspecified atom stereocenters. The molecule has 84 valence electrons. The van der Waals surface area contributed by atoms with Crippen molar-refractivity contribution in [3.05, 3.63) is 18.1 Å². The summed E-state index contributed by atoms with van der Waals surface area (Å²) in [7, 11) is 2.03. The normalized spacial score (nSPS) is 16.0. The first kappa shape index (κ1) is 10.9. The Hall–Kier alpha value is -1.63. The molecule has 0 radical (unpaired) electrons. The number of hydrogen-bond donors (Lipinski definition) is 0. The van der Waals surface area contributed by atoms with Crippen molar-refractivity contribution >= 4 is 5.82 Å². The fraction of sp³-hybridized carbons (Fsp3) is 0.583. The quantitative estimate of drug-likeness (QED) is 0.775. The lowest BCUT2D eigenvalue weighted by Crippen LogP contribution is -2.25. The lowest BCUT2D eigenvalue weighted by atomic mass is 10.1. The Morgan fingerprint density at radius 3 is 2.88 bits per heavy atom. The molecule has 1 fully saturated rings. The van der Waals surface area contributed by atoms with Gasteiger partial charge in [0.1, 0.15) is 23.9 Å². The first-order valence-electron chi connectivity index (χ1n) is 5.73. The second kappa shape index (κ2) is 4.93. The molecule has 0 aliphatic heterocycles. The SMILES string of the molecule is CN(CC1CCCC1)c1cc(C#N)ncn1. The highest BCUT2D eigenvalue weighted by molar-refractivity contribution is 5.40. The third kappa shape index (κ3) is 2.48. The molecular weight excluding hydrogens is 200 g/mol. The van der Waals surface area contributed by atoms with Gasteiger partial charge in [0.05, 0.1) is 0 Å². The summed E-state index contributed by atoms with van der Waals surface area (Å²) < 4.78 is 0. The Balaban J connectivity index is 2.02. The molecule has 1 saturated carbocycles. The van der Waals surface area contributed by atoms with Crippen LogP contribution >= 0.6 is 0 Å². The minimum Gasteiger partial charge on any atom is -0.359 e. The molecule has 0 N–H and O–H groups in total. The summed E-state index contributed by atoms with van der Waals surface area (Å²) >= 11 is 0. The van der Waals surface area contributed by atoms with Crippen LogP contribution in [0.2, 0.25) is 0 Å². The van der Waals surface area contributed by atoms with Crippen molar-refractivity contribution in [3.63, 3.8) is 0 Å². The van der Waals surface area contributed by atoms with Gasteiger partial charge in [-0.2, -0.15) is 5.26 Å². The van der Waals surface area contributed by atoms with Gasteiger partial charge in [0.15, 0.2) is 0 Å². The molecule has 0 spiro atoms. The molecule has 0 atom stereocenters. The van der Waals surface area contributed by atoms with Gasteiger partial charge in [-0.1, -0.05) is 12.8 Å². The summed E-state index contributed by atoms with van der Waals surface area (Å²) in [6.07, 6.45) is 6.80. The van der Waals surface area contributed by atoms with E-state index < -0.39 is 0 Å². The molecule has 1 aliphatic carbocycles. The van der Waals surface area contributed by atoms with Crippen LogP contribution in [0.25, 0.3) is 0 Å². The first-order valence-corrected chi connectivity index (χ1v) is 5.73. The van der Waals surface area contributed by atoms with E-state index in [4.69, 9.17) is 5.26 Å². The van der Waals surface area contributed by atoms with Gasteiger partial charge in [0.2, 0.25) is 0 Å². The molecule has 16 heavy (non-hydrogen) atoms. The standard InChI is InChI=1S/C12H16N4/c1-16(8-10-4-2-3-5-10)12-6-11(7-13)14-9-15-12/h6,9-10H,2-5,8H2,1H3. The summed E-state index contributed by atoms with van der Waals surface area (Å²) in [5.41, 5.74) is 0.434. The maximum absolute atomic E-state index is 8.77. The molecule has 4 heteroatoms. The van der Waals surface area contributed by atoms with E-state index in [2.05, 4.69) is 14.9 Å². The van der Waals surface area contributed by atoms with E-state index in [1.165, 1.54) is 32.0 Å². The van der Waals surface area contributed by atoms with Crippen molar-refractivity contribution in [2.24, 2.45) is 5.92 Å². The van der Waals surface area contributed by atoms with Gasteiger partial charge in [-0.15, -0.1) is 0 Å². The van der Waals surface area contributed by atoms with Crippen LogP contribution in [0.4, 0.5) is 5.82 Å². The van der Waals surface area contributed by atoms with Crippen LogP contribution in [0.5, 0.6) is 0 Å². The summed E-state index contributed by atoms with van der Waals surface area (Å²) in [6.45, 7) is 1.03. The fourth-order valence-corrected chi connectivity index (χ4v) is 2.29. The third-order valence-corrected chi connectivity index (χ3v) is 3.17. The monoisotopic (exact) mass is 216 g/mol.